The van der Waals surface area contributed by atoms with Crippen LogP contribution in [0.3, 0.4) is 0 Å². The van der Waals surface area contributed by atoms with Gasteiger partial charge in [-0.15, -0.1) is 0 Å². The van der Waals surface area contributed by atoms with Gasteiger partial charge in [0.05, 0.1) is 57.3 Å². The number of nitrogens with zero attached hydrogens (tertiary/aromatic N) is 1. The van der Waals surface area contributed by atoms with Gasteiger partial charge < -0.3 is 28.7 Å². The molecule has 0 bridgehead atoms. The number of fused-ring (bicyclic) bond motifs is 1. The molecule has 34 heavy (non-hydrogen) atoms. The number of rotatable bonds is 16. The van der Waals surface area contributed by atoms with E-state index in [4.69, 9.17) is 23.7 Å². The van der Waals surface area contributed by atoms with Crippen molar-refractivity contribution < 1.29 is 33.3 Å². The Morgan fingerprint density at radius 3 is 2.21 bits per heavy atom. The van der Waals surface area contributed by atoms with Crippen molar-refractivity contribution in [3.05, 3.63) is 53.6 Å². The molecule has 0 unspecified atom stereocenters. The normalized spacial score (nSPS) is 11.0. The predicted octanol–water partition coefficient (Wildman–Crippen LogP) is 2.70. The third-order valence-electron chi connectivity index (χ3n) is 4.66. The third kappa shape index (κ3) is 8.23. The van der Waals surface area contributed by atoms with Crippen molar-refractivity contribution in [2.24, 2.45) is 0 Å². The fraction of sp³-hybridized carbons (Fsp3) is 0.375. The number of methoxy groups -OCH3 is 1. The Morgan fingerprint density at radius 1 is 0.912 bits per heavy atom. The van der Waals surface area contributed by atoms with E-state index in [9.17, 15) is 9.59 Å². The van der Waals surface area contributed by atoms with E-state index in [0.29, 0.717) is 86.7 Å². The Hall–Kier alpha value is -3.31. The molecule has 0 aliphatic carbocycles. The lowest BCUT2D eigenvalue weighted by molar-refractivity contribution is 0.000164. The van der Waals surface area contributed by atoms with Crippen molar-refractivity contribution >= 4 is 29.2 Å². The van der Waals surface area contributed by atoms with E-state index in [1.54, 1.807) is 49.6 Å². The molecule has 1 aromatic heterocycles. The van der Waals surface area contributed by atoms with E-state index in [1.165, 1.54) is 0 Å². The first-order valence-electron chi connectivity index (χ1n) is 10.9. The highest BCUT2D eigenvalue weighted by Gasteiger charge is 2.10. The average molecular weight is 472 g/mol. The summed E-state index contributed by atoms with van der Waals surface area (Å²) in [5, 5.41) is 2.72. The van der Waals surface area contributed by atoms with Crippen LogP contribution in [0.4, 0.5) is 5.95 Å². The highest BCUT2D eigenvalue weighted by atomic mass is 16.6. The Balaban J connectivity index is 1.31. The maximum Gasteiger partial charge on any atom is 0.257 e. The van der Waals surface area contributed by atoms with E-state index < -0.39 is 0 Å². The number of ether oxygens (including phenoxy) is 5. The summed E-state index contributed by atoms with van der Waals surface area (Å²) in [4.78, 5) is 30.7. The summed E-state index contributed by atoms with van der Waals surface area (Å²) in [6.07, 6.45) is 0.757. The van der Waals surface area contributed by atoms with Gasteiger partial charge in [-0.25, -0.2) is 4.98 Å². The van der Waals surface area contributed by atoms with Crippen molar-refractivity contribution in [1.82, 2.24) is 9.97 Å². The number of nitrogens with one attached hydrogen (secondary N) is 2. The summed E-state index contributed by atoms with van der Waals surface area (Å²) in [6, 6.07) is 11.8. The van der Waals surface area contributed by atoms with Crippen LogP contribution in [0.5, 0.6) is 5.75 Å². The molecule has 2 aromatic carbocycles. The molecule has 0 saturated heterocycles. The highest BCUT2D eigenvalue weighted by molar-refractivity contribution is 6.04. The minimum absolute atomic E-state index is 0.308. The molecule has 182 valence electrons. The van der Waals surface area contributed by atoms with Gasteiger partial charge in [0.2, 0.25) is 5.95 Å². The van der Waals surface area contributed by atoms with Crippen LogP contribution in [-0.2, 0) is 18.9 Å². The summed E-state index contributed by atoms with van der Waals surface area (Å²) in [5.41, 5.74) is 2.32. The Morgan fingerprint density at radius 2 is 1.56 bits per heavy atom. The lowest BCUT2D eigenvalue weighted by Gasteiger charge is -2.09. The number of amides is 1. The quantitative estimate of drug-likeness (QED) is 0.242. The molecular weight excluding hydrogens is 442 g/mol. The number of anilines is 1. The van der Waals surface area contributed by atoms with Gasteiger partial charge in [0.1, 0.15) is 18.6 Å². The molecule has 0 radical (unpaired) electrons. The van der Waals surface area contributed by atoms with Crippen LogP contribution in [0.1, 0.15) is 20.7 Å². The van der Waals surface area contributed by atoms with Gasteiger partial charge in [-0.05, 0) is 42.5 Å². The lowest BCUT2D eigenvalue weighted by Crippen LogP contribution is -2.14. The first-order valence-corrected chi connectivity index (χ1v) is 10.9. The number of aromatic nitrogens is 2. The summed E-state index contributed by atoms with van der Waals surface area (Å²) in [7, 11) is 1.63. The second-order valence-electron chi connectivity index (χ2n) is 7.14. The van der Waals surface area contributed by atoms with Crippen LogP contribution < -0.4 is 10.1 Å². The van der Waals surface area contributed by atoms with Crippen molar-refractivity contribution in [2.75, 3.05) is 65.3 Å². The lowest BCUT2D eigenvalue weighted by atomic mass is 10.2. The van der Waals surface area contributed by atoms with Gasteiger partial charge in [0, 0.05) is 18.2 Å². The van der Waals surface area contributed by atoms with Crippen LogP contribution in [0, 0.1) is 0 Å². The third-order valence-corrected chi connectivity index (χ3v) is 4.66. The summed E-state index contributed by atoms with van der Waals surface area (Å²) in [5.74, 6) is 0.631. The molecule has 0 spiro atoms. The standard InChI is InChI=1S/C24H29N3O7/c1-30-8-9-31-10-11-32-12-13-33-14-15-34-20-5-3-19(4-6-20)23(29)27-24-25-21-7-2-18(17-28)16-22(21)26-24/h2-7,16-17H,8-15H2,1H3,(H2,25,26,27,29). The van der Waals surface area contributed by atoms with Crippen molar-refractivity contribution in [3.63, 3.8) is 0 Å². The Labute approximate surface area is 197 Å². The topological polar surface area (TPSA) is 121 Å². The number of hydrogen-bond donors (Lipinski definition) is 2. The molecule has 3 rings (SSSR count). The summed E-state index contributed by atoms with van der Waals surface area (Å²) < 4.78 is 26.7. The molecular formula is C24H29N3O7. The van der Waals surface area contributed by atoms with Crippen molar-refractivity contribution in [2.45, 2.75) is 0 Å². The Kier molecular flexibility index (Phi) is 10.5. The number of imidazole rings is 1. The number of aromatic amines is 1. The van der Waals surface area contributed by atoms with Crippen molar-refractivity contribution in [1.29, 1.82) is 0 Å². The monoisotopic (exact) mass is 471 g/mol. The maximum atomic E-state index is 12.5. The number of benzene rings is 2. The molecule has 0 saturated carbocycles. The first kappa shape index (κ1) is 25.3. The zero-order valence-corrected chi connectivity index (χ0v) is 19.1. The molecule has 1 amide bonds. The van der Waals surface area contributed by atoms with E-state index in [0.717, 1.165) is 6.29 Å². The fourth-order valence-electron chi connectivity index (χ4n) is 2.94. The van der Waals surface area contributed by atoms with Gasteiger partial charge in [0.25, 0.3) is 5.91 Å². The predicted molar refractivity (Wildman–Crippen MR) is 126 cm³/mol. The molecule has 0 fully saturated rings. The van der Waals surface area contributed by atoms with Crippen LogP contribution >= 0.6 is 0 Å². The molecule has 0 aliphatic heterocycles. The van der Waals surface area contributed by atoms with E-state index in [2.05, 4.69) is 15.3 Å². The van der Waals surface area contributed by atoms with Gasteiger partial charge >= 0.3 is 0 Å². The van der Waals surface area contributed by atoms with Crippen LogP contribution in [-0.4, -0.2) is 82.1 Å². The smallest absolute Gasteiger partial charge is 0.257 e. The molecule has 3 aromatic rings. The largest absolute Gasteiger partial charge is 0.491 e. The van der Waals surface area contributed by atoms with E-state index in [1.807, 2.05) is 0 Å². The molecule has 1 heterocycles. The molecule has 10 nitrogen and oxygen atoms in total. The Bertz CT molecular complexity index is 1040. The first-order chi connectivity index (χ1) is 16.7. The number of H-pyrrole nitrogens is 1. The van der Waals surface area contributed by atoms with E-state index in [-0.39, 0.29) is 5.91 Å². The summed E-state index contributed by atoms with van der Waals surface area (Å²) >= 11 is 0. The minimum atomic E-state index is -0.311. The highest BCUT2D eigenvalue weighted by Crippen LogP contribution is 2.17. The van der Waals surface area contributed by atoms with Gasteiger partial charge in [0.15, 0.2) is 0 Å². The van der Waals surface area contributed by atoms with Gasteiger partial charge in [-0.2, -0.15) is 0 Å². The van der Waals surface area contributed by atoms with E-state index >= 15 is 0 Å². The molecule has 10 heteroatoms. The second-order valence-corrected chi connectivity index (χ2v) is 7.14. The maximum absolute atomic E-state index is 12.5. The minimum Gasteiger partial charge on any atom is -0.491 e. The van der Waals surface area contributed by atoms with Crippen molar-refractivity contribution in [3.8, 4) is 5.75 Å². The molecule has 2 N–H and O–H groups in total. The number of aldehydes is 1. The SMILES string of the molecule is COCCOCCOCCOCCOc1ccc(C(=O)Nc2nc3ccc(C=O)cc3[nH]2)cc1. The van der Waals surface area contributed by atoms with Crippen LogP contribution in [0.2, 0.25) is 0 Å². The number of hydrogen-bond acceptors (Lipinski definition) is 8. The zero-order chi connectivity index (χ0) is 24.0. The second kappa shape index (κ2) is 14.1. The molecule has 0 aliphatic rings. The van der Waals surface area contributed by atoms with Crippen LogP contribution in [0.15, 0.2) is 42.5 Å². The number of carbonyl (C=O) groups excluding carboxylic acids is 2. The molecule has 0 atom stereocenters. The van der Waals surface area contributed by atoms with Gasteiger partial charge in [-0.1, -0.05) is 0 Å². The number of carbonyl (C=O) groups is 2. The fourth-order valence-corrected chi connectivity index (χ4v) is 2.94. The zero-order valence-electron chi connectivity index (χ0n) is 19.1. The van der Waals surface area contributed by atoms with Crippen LogP contribution in [0.25, 0.3) is 11.0 Å². The van der Waals surface area contributed by atoms with Gasteiger partial charge in [-0.3, -0.25) is 14.9 Å². The summed E-state index contributed by atoms with van der Waals surface area (Å²) in [6.45, 7) is 3.94. The average Bonchev–Trinajstić information content (AvgIpc) is 3.26.